The fraction of sp³-hybridized carbons (Fsp3) is 0.188. The smallest absolute Gasteiger partial charge is 0.340 e. The van der Waals surface area contributed by atoms with Crippen LogP contribution < -0.4 is 11.4 Å². The molecule has 0 unspecified atom stereocenters. The number of nitrogens with one attached hydrogen (secondary N) is 1. The van der Waals surface area contributed by atoms with Gasteiger partial charge in [-0.2, -0.15) is 3.97 Å². The monoisotopic (exact) mass is 331 g/mol. The summed E-state index contributed by atoms with van der Waals surface area (Å²) in [6, 6.07) is 10.4. The summed E-state index contributed by atoms with van der Waals surface area (Å²) in [7, 11) is -3.86. The lowest BCUT2D eigenvalue weighted by Crippen LogP contribution is -2.26. The van der Waals surface area contributed by atoms with Gasteiger partial charge in [-0.05, 0) is 42.7 Å². The molecule has 0 spiro atoms. The highest BCUT2D eigenvalue weighted by Crippen LogP contribution is 2.21. The molecule has 6 nitrogen and oxygen atoms in total. The van der Waals surface area contributed by atoms with E-state index in [2.05, 4.69) is 4.98 Å². The lowest BCUT2D eigenvalue weighted by atomic mass is 10.1. The Balaban J connectivity index is 2.19. The standard InChI is InChI=1S/C16H17N3O3S/c1-10-5-3-4-6-12(10)9-23(21,22)19-15-8-13(17)11(2)7-14(15)18-16(19)20/h3-8H,9,17H2,1-2H3,(H,18,20). The fourth-order valence-electron chi connectivity index (χ4n) is 2.57. The van der Waals surface area contributed by atoms with Gasteiger partial charge in [0.25, 0.3) is 0 Å². The van der Waals surface area contributed by atoms with Gasteiger partial charge in [0.1, 0.15) is 0 Å². The zero-order valence-corrected chi connectivity index (χ0v) is 13.6. The lowest BCUT2D eigenvalue weighted by molar-refractivity contribution is 0.586. The fourth-order valence-corrected chi connectivity index (χ4v) is 4.16. The van der Waals surface area contributed by atoms with Crippen LogP contribution in [0.1, 0.15) is 16.7 Å². The zero-order valence-electron chi connectivity index (χ0n) is 12.8. The number of rotatable bonds is 3. The first-order valence-electron chi connectivity index (χ1n) is 7.08. The van der Waals surface area contributed by atoms with Gasteiger partial charge < -0.3 is 10.7 Å². The minimum atomic E-state index is -3.86. The van der Waals surface area contributed by atoms with Crippen LogP contribution >= 0.6 is 0 Å². The van der Waals surface area contributed by atoms with Crippen LogP contribution in [0.2, 0.25) is 0 Å². The SMILES string of the molecule is Cc1cc2[nH]c(=O)n(S(=O)(=O)Cc3ccccc3C)c2cc1N. The largest absolute Gasteiger partial charge is 0.398 e. The first-order valence-corrected chi connectivity index (χ1v) is 8.69. The number of benzene rings is 2. The molecule has 0 bridgehead atoms. The second kappa shape index (κ2) is 5.27. The molecule has 2 aromatic carbocycles. The number of hydrogen-bond donors (Lipinski definition) is 2. The van der Waals surface area contributed by atoms with Crippen molar-refractivity contribution in [3.8, 4) is 0 Å². The quantitative estimate of drug-likeness (QED) is 0.716. The molecule has 0 atom stereocenters. The normalized spacial score (nSPS) is 11.9. The number of nitrogens with zero attached hydrogens (tertiary/aromatic N) is 1. The number of aromatic amines is 1. The Hall–Kier alpha value is -2.54. The summed E-state index contributed by atoms with van der Waals surface area (Å²) in [5.74, 6) is -0.250. The molecule has 1 heterocycles. The van der Waals surface area contributed by atoms with Gasteiger partial charge in [0.2, 0.25) is 10.0 Å². The van der Waals surface area contributed by atoms with Crippen LogP contribution in [0.4, 0.5) is 5.69 Å². The lowest BCUT2D eigenvalue weighted by Gasteiger charge is -2.09. The number of H-pyrrole nitrogens is 1. The third-order valence-electron chi connectivity index (χ3n) is 3.91. The molecule has 3 rings (SSSR count). The predicted octanol–water partition coefficient (Wildman–Crippen LogP) is 1.91. The van der Waals surface area contributed by atoms with Crippen molar-refractivity contribution >= 4 is 26.7 Å². The van der Waals surface area contributed by atoms with Crippen molar-refractivity contribution < 1.29 is 8.42 Å². The number of aryl methyl sites for hydroxylation is 2. The van der Waals surface area contributed by atoms with E-state index in [4.69, 9.17) is 5.73 Å². The van der Waals surface area contributed by atoms with Crippen LogP contribution in [-0.2, 0) is 15.8 Å². The number of nitrogen functional groups attached to an aromatic ring is 1. The molecule has 120 valence electrons. The number of fused-ring (bicyclic) bond motifs is 1. The molecule has 23 heavy (non-hydrogen) atoms. The van der Waals surface area contributed by atoms with Gasteiger partial charge >= 0.3 is 5.69 Å². The Kier molecular flexibility index (Phi) is 3.52. The van der Waals surface area contributed by atoms with Gasteiger partial charge in [0.15, 0.2) is 0 Å². The second-order valence-electron chi connectivity index (χ2n) is 5.60. The van der Waals surface area contributed by atoms with Gasteiger partial charge in [-0.3, -0.25) is 0 Å². The van der Waals surface area contributed by atoms with Crippen LogP contribution in [0, 0.1) is 13.8 Å². The summed E-state index contributed by atoms with van der Waals surface area (Å²) < 4.78 is 26.3. The van der Waals surface area contributed by atoms with E-state index in [1.807, 2.05) is 19.1 Å². The van der Waals surface area contributed by atoms with Crippen LogP contribution in [0.15, 0.2) is 41.2 Å². The van der Waals surface area contributed by atoms with Crippen molar-refractivity contribution in [3.05, 3.63) is 63.6 Å². The maximum atomic E-state index is 12.7. The zero-order chi connectivity index (χ0) is 16.8. The molecule has 0 saturated heterocycles. The Labute approximate surface area is 133 Å². The predicted molar refractivity (Wildman–Crippen MR) is 90.9 cm³/mol. The molecule has 7 heteroatoms. The minimum Gasteiger partial charge on any atom is -0.398 e. The first kappa shape index (κ1) is 15.4. The Morgan fingerprint density at radius 2 is 1.83 bits per heavy atom. The van der Waals surface area contributed by atoms with E-state index in [-0.39, 0.29) is 11.3 Å². The number of aromatic nitrogens is 2. The summed E-state index contributed by atoms with van der Waals surface area (Å²) in [6.07, 6.45) is 0. The molecule has 0 aliphatic carbocycles. The molecule has 0 aliphatic rings. The van der Waals surface area contributed by atoms with E-state index in [0.717, 1.165) is 15.1 Å². The van der Waals surface area contributed by atoms with Crippen molar-refractivity contribution in [3.63, 3.8) is 0 Å². The molecular weight excluding hydrogens is 314 g/mol. The molecule has 0 amide bonds. The summed E-state index contributed by atoms with van der Waals surface area (Å²) in [4.78, 5) is 14.7. The third-order valence-corrected chi connectivity index (χ3v) is 5.50. The van der Waals surface area contributed by atoms with E-state index in [9.17, 15) is 13.2 Å². The van der Waals surface area contributed by atoms with Crippen molar-refractivity contribution in [1.82, 2.24) is 8.96 Å². The Morgan fingerprint density at radius 1 is 1.13 bits per heavy atom. The average molecular weight is 331 g/mol. The van der Waals surface area contributed by atoms with E-state index in [1.54, 1.807) is 25.1 Å². The average Bonchev–Trinajstić information content (AvgIpc) is 2.77. The highest BCUT2D eigenvalue weighted by atomic mass is 32.2. The Morgan fingerprint density at radius 3 is 2.52 bits per heavy atom. The van der Waals surface area contributed by atoms with Crippen molar-refractivity contribution in [2.45, 2.75) is 19.6 Å². The van der Waals surface area contributed by atoms with Crippen molar-refractivity contribution in [2.24, 2.45) is 0 Å². The summed E-state index contributed by atoms with van der Waals surface area (Å²) in [5, 5.41) is 0. The number of hydrogen-bond acceptors (Lipinski definition) is 4. The molecule has 0 fully saturated rings. The van der Waals surface area contributed by atoms with Crippen molar-refractivity contribution in [2.75, 3.05) is 5.73 Å². The summed E-state index contributed by atoms with van der Waals surface area (Å²) in [6.45, 7) is 3.64. The first-order chi connectivity index (χ1) is 10.8. The van der Waals surface area contributed by atoms with Crippen LogP contribution in [0.25, 0.3) is 11.0 Å². The summed E-state index contributed by atoms with van der Waals surface area (Å²) in [5.41, 5.74) is 8.64. The second-order valence-corrected chi connectivity index (χ2v) is 7.42. The summed E-state index contributed by atoms with van der Waals surface area (Å²) >= 11 is 0. The number of anilines is 1. The van der Waals surface area contributed by atoms with Crippen LogP contribution in [0.3, 0.4) is 0 Å². The van der Waals surface area contributed by atoms with Crippen molar-refractivity contribution in [1.29, 1.82) is 0 Å². The van der Waals surface area contributed by atoms with Gasteiger partial charge in [-0.15, -0.1) is 0 Å². The van der Waals surface area contributed by atoms with E-state index >= 15 is 0 Å². The third kappa shape index (κ3) is 2.63. The molecule has 1 aromatic heterocycles. The number of nitrogens with two attached hydrogens (primary N) is 1. The molecule has 0 aliphatic heterocycles. The van der Waals surface area contributed by atoms with E-state index < -0.39 is 15.7 Å². The maximum Gasteiger partial charge on any atom is 0.340 e. The molecular formula is C16H17N3O3S. The molecule has 0 saturated carbocycles. The molecule has 3 N–H and O–H groups in total. The van der Waals surface area contributed by atoms with Gasteiger partial charge in [-0.25, -0.2) is 13.2 Å². The van der Waals surface area contributed by atoms with Crippen LogP contribution in [-0.4, -0.2) is 17.4 Å². The highest BCUT2D eigenvalue weighted by Gasteiger charge is 2.22. The minimum absolute atomic E-state index is 0.250. The van der Waals surface area contributed by atoms with Crippen LogP contribution in [0.5, 0.6) is 0 Å². The maximum absolute atomic E-state index is 12.7. The highest BCUT2D eigenvalue weighted by molar-refractivity contribution is 7.89. The van der Waals surface area contributed by atoms with Gasteiger partial charge in [0.05, 0.1) is 16.8 Å². The topological polar surface area (TPSA) is 98.0 Å². The molecule has 3 aromatic rings. The van der Waals surface area contributed by atoms with E-state index in [0.29, 0.717) is 16.8 Å². The van der Waals surface area contributed by atoms with Gasteiger partial charge in [0, 0.05) is 5.69 Å². The molecule has 0 radical (unpaired) electrons. The number of imidazole rings is 1. The van der Waals surface area contributed by atoms with Gasteiger partial charge in [-0.1, -0.05) is 24.3 Å². The Bertz CT molecular complexity index is 1060. The van der Waals surface area contributed by atoms with E-state index in [1.165, 1.54) is 6.07 Å².